The van der Waals surface area contributed by atoms with Crippen LogP contribution in [-0.4, -0.2) is 21.3 Å². The predicted octanol–water partition coefficient (Wildman–Crippen LogP) is 0.848. The van der Waals surface area contributed by atoms with E-state index in [1.54, 1.807) is 18.2 Å². The number of nitrogens with one attached hydrogen (secondary N) is 1. The Bertz CT molecular complexity index is 505. The Morgan fingerprint density at radius 2 is 2.13 bits per heavy atom. The summed E-state index contributed by atoms with van der Waals surface area (Å²) in [7, 11) is 0. The standard InChI is InChI=1S/C10H8N2O3/c13-9-4-2-1-3-6(9)7-5-8(10(14)15)12-11-7/h1-5,13H,(H,11,12)(H,14,15)/p-1. The Labute approximate surface area is 85.0 Å². The van der Waals surface area contributed by atoms with Crippen molar-refractivity contribution in [1.29, 1.82) is 0 Å². The first-order chi connectivity index (χ1) is 7.18. The first-order valence-corrected chi connectivity index (χ1v) is 4.23. The lowest BCUT2D eigenvalue weighted by molar-refractivity contribution is -0.267. The zero-order chi connectivity index (χ0) is 10.8. The minimum absolute atomic E-state index is 0.0340. The van der Waals surface area contributed by atoms with Crippen molar-refractivity contribution < 1.29 is 15.0 Å². The molecular formula is C10H7N2O3-. The van der Waals surface area contributed by atoms with Gasteiger partial charge in [-0.3, -0.25) is 5.10 Å². The molecule has 1 heterocycles. The molecule has 0 amide bonds. The van der Waals surface area contributed by atoms with E-state index in [-0.39, 0.29) is 11.4 Å². The van der Waals surface area contributed by atoms with Gasteiger partial charge in [0.25, 0.3) is 0 Å². The number of benzene rings is 1. The molecule has 2 N–H and O–H groups in total. The average molecular weight is 203 g/mol. The minimum Gasteiger partial charge on any atom is -0.872 e. The van der Waals surface area contributed by atoms with Crippen molar-refractivity contribution >= 4 is 5.97 Å². The van der Waals surface area contributed by atoms with Gasteiger partial charge in [-0.25, -0.2) is 4.79 Å². The van der Waals surface area contributed by atoms with E-state index in [0.29, 0.717) is 11.3 Å². The second-order valence-electron chi connectivity index (χ2n) is 2.97. The van der Waals surface area contributed by atoms with Gasteiger partial charge in [-0.2, -0.15) is 5.10 Å². The van der Waals surface area contributed by atoms with Crippen molar-refractivity contribution in [1.82, 2.24) is 10.2 Å². The topological polar surface area (TPSA) is 89.0 Å². The molecule has 2 aromatic rings. The number of aromatic nitrogens is 2. The zero-order valence-corrected chi connectivity index (χ0v) is 7.60. The van der Waals surface area contributed by atoms with Crippen LogP contribution in [0.5, 0.6) is 5.75 Å². The molecule has 0 radical (unpaired) electrons. The minimum atomic E-state index is -1.10. The van der Waals surface area contributed by atoms with Gasteiger partial charge >= 0.3 is 5.97 Å². The maximum absolute atomic E-state index is 11.4. The van der Waals surface area contributed by atoms with Gasteiger partial charge in [0.05, 0.1) is 5.69 Å². The van der Waals surface area contributed by atoms with Gasteiger partial charge < -0.3 is 10.2 Å². The maximum atomic E-state index is 11.4. The van der Waals surface area contributed by atoms with Gasteiger partial charge in [0.15, 0.2) is 0 Å². The van der Waals surface area contributed by atoms with Gasteiger partial charge in [0, 0.05) is 0 Å². The van der Waals surface area contributed by atoms with Crippen LogP contribution >= 0.6 is 0 Å². The van der Waals surface area contributed by atoms with Crippen LogP contribution in [0.15, 0.2) is 30.3 Å². The van der Waals surface area contributed by atoms with Crippen molar-refractivity contribution in [3.63, 3.8) is 0 Å². The molecule has 0 aliphatic rings. The lowest BCUT2D eigenvalue weighted by Crippen LogP contribution is -1.95. The van der Waals surface area contributed by atoms with Crippen LogP contribution in [0.25, 0.3) is 11.3 Å². The Balaban J connectivity index is 2.46. The summed E-state index contributed by atoms with van der Waals surface area (Å²) < 4.78 is 0. The van der Waals surface area contributed by atoms with Crippen LogP contribution < -0.4 is 5.11 Å². The number of carboxylic acids is 1. The van der Waals surface area contributed by atoms with Crippen molar-refractivity contribution in [3.05, 3.63) is 36.0 Å². The molecule has 1 aromatic heterocycles. The molecule has 5 nitrogen and oxygen atoms in total. The fraction of sp³-hybridized carbons (Fsp3) is 0. The number of hydrogen-bond acceptors (Lipinski definition) is 3. The van der Waals surface area contributed by atoms with Gasteiger partial charge in [0.2, 0.25) is 0 Å². The largest absolute Gasteiger partial charge is 0.872 e. The van der Waals surface area contributed by atoms with Crippen LogP contribution in [0, 0.1) is 0 Å². The van der Waals surface area contributed by atoms with E-state index >= 15 is 0 Å². The Hall–Kier alpha value is -2.30. The Kier molecular flexibility index (Phi) is 2.13. The fourth-order valence-electron chi connectivity index (χ4n) is 1.25. The summed E-state index contributed by atoms with van der Waals surface area (Å²) >= 11 is 0. The van der Waals surface area contributed by atoms with E-state index in [0.717, 1.165) is 0 Å². The maximum Gasteiger partial charge on any atom is 0.353 e. The van der Waals surface area contributed by atoms with Crippen molar-refractivity contribution in [2.75, 3.05) is 0 Å². The van der Waals surface area contributed by atoms with E-state index in [1.807, 2.05) is 0 Å². The summed E-state index contributed by atoms with van der Waals surface area (Å²) in [6, 6.07) is 7.66. The highest BCUT2D eigenvalue weighted by Crippen LogP contribution is 2.24. The molecule has 0 aliphatic heterocycles. The number of aromatic amines is 1. The van der Waals surface area contributed by atoms with Gasteiger partial charge in [0.1, 0.15) is 5.69 Å². The summed E-state index contributed by atoms with van der Waals surface area (Å²) in [6.45, 7) is 0. The lowest BCUT2D eigenvalue weighted by atomic mass is 10.1. The van der Waals surface area contributed by atoms with E-state index in [4.69, 9.17) is 5.11 Å². The van der Waals surface area contributed by atoms with E-state index in [1.165, 1.54) is 12.1 Å². The number of H-pyrrole nitrogens is 1. The number of rotatable bonds is 2. The molecule has 5 heteroatoms. The molecule has 0 saturated carbocycles. The summed E-state index contributed by atoms with van der Waals surface area (Å²) in [5.41, 5.74) is 0.701. The van der Waals surface area contributed by atoms with Crippen LogP contribution in [0.3, 0.4) is 0 Å². The highest BCUT2D eigenvalue weighted by atomic mass is 16.4. The average Bonchev–Trinajstić information content (AvgIpc) is 2.67. The third kappa shape index (κ3) is 1.67. The molecule has 0 spiro atoms. The van der Waals surface area contributed by atoms with Crippen LogP contribution in [0.2, 0.25) is 0 Å². The number of para-hydroxylation sites is 1. The molecule has 0 atom stereocenters. The second kappa shape index (κ2) is 3.45. The molecule has 2 rings (SSSR count). The van der Waals surface area contributed by atoms with Crippen molar-refractivity contribution in [2.24, 2.45) is 0 Å². The summed E-state index contributed by atoms with van der Waals surface area (Å²) in [5, 5.41) is 26.2. The smallest absolute Gasteiger partial charge is 0.353 e. The highest BCUT2D eigenvalue weighted by Gasteiger charge is 2.08. The Morgan fingerprint density at radius 1 is 1.40 bits per heavy atom. The normalized spacial score (nSPS) is 10.1. The van der Waals surface area contributed by atoms with Crippen LogP contribution in [-0.2, 0) is 0 Å². The molecule has 15 heavy (non-hydrogen) atoms. The fourth-order valence-corrected chi connectivity index (χ4v) is 1.25. The molecule has 0 bridgehead atoms. The molecule has 0 aliphatic carbocycles. The van der Waals surface area contributed by atoms with Crippen molar-refractivity contribution in [3.8, 4) is 17.0 Å². The van der Waals surface area contributed by atoms with Crippen LogP contribution in [0.4, 0.5) is 0 Å². The third-order valence-electron chi connectivity index (χ3n) is 1.97. The number of hydrogen-bond donors (Lipinski definition) is 2. The monoisotopic (exact) mass is 203 g/mol. The first kappa shape index (κ1) is 9.26. The molecule has 0 saturated heterocycles. The predicted molar refractivity (Wildman–Crippen MR) is 50.4 cm³/mol. The SMILES string of the molecule is O=C(O)c1cc(-c2ccccc2[O-])n[nH]1. The second-order valence-corrected chi connectivity index (χ2v) is 2.97. The lowest BCUT2D eigenvalue weighted by Gasteiger charge is -2.09. The van der Waals surface area contributed by atoms with Gasteiger partial charge in [-0.1, -0.05) is 30.0 Å². The molecule has 76 valence electrons. The zero-order valence-electron chi connectivity index (χ0n) is 7.60. The molecule has 0 unspecified atom stereocenters. The molecule has 1 aromatic carbocycles. The summed E-state index contributed by atoms with van der Waals surface area (Å²) in [6.07, 6.45) is 0. The Morgan fingerprint density at radius 3 is 2.73 bits per heavy atom. The highest BCUT2D eigenvalue weighted by molar-refractivity contribution is 5.87. The van der Waals surface area contributed by atoms with Crippen LogP contribution in [0.1, 0.15) is 10.5 Å². The number of nitrogens with zero attached hydrogens (tertiary/aromatic N) is 1. The van der Waals surface area contributed by atoms with E-state index in [2.05, 4.69) is 10.2 Å². The molecule has 0 fully saturated rings. The quantitative estimate of drug-likeness (QED) is 0.757. The van der Waals surface area contributed by atoms with Gasteiger partial charge in [-0.05, 0) is 11.6 Å². The summed E-state index contributed by atoms with van der Waals surface area (Å²) in [4.78, 5) is 10.6. The van der Waals surface area contributed by atoms with E-state index in [9.17, 15) is 9.90 Å². The molecular weight excluding hydrogens is 196 g/mol. The summed E-state index contributed by atoms with van der Waals surface area (Å²) in [5.74, 6) is -1.28. The first-order valence-electron chi connectivity index (χ1n) is 4.23. The van der Waals surface area contributed by atoms with Gasteiger partial charge in [-0.15, -0.1) is 0 Å². The number of carbonyl (C=O) groups is 1. The van der Waals surface area contributed by atoms with Crippen molar-refractivity contribution in [2.45, 2.75) is 0 Å². The third-order valence-corrected chi connectivity index (χ3v) is 1.97. The number of carboxylic acid groups (broad SMARTS) is 1. The van der Waals surface area contributed by atoms with E-state index < -0.39 is 5.97 Å². The number of aromatic carboxylic acids is 1.